The summed E-state index contributed by atoms with van der Waals surface area (Å²) in [4.78, 5) is 6.62. The van der Waals surface area contributed by atoms with Gasteiger partial charge in [0.15, 0.2) is 0 Å². The first kappa shape index (κ1) is 23.5. The molecule has 1 fully saturated rings. The Morgan fingerprint density at radius 1 is 1.00 bits per heavy atom. The van der Waals surface area contributed by atoms with Crippen molar-refractivity contribution in [2.45, 2.75) is 19.4 Å². The van der Waals surface area contributed by atoms with Crippen LogP contribution in [0.3, 0.4) is 0 Å². The maximum absolute atomic E-state index is 13.2. The Hall–Kier alpha value is -2.16. The molecule has 1 atom stereocenters. The minimum Gasteiger partial charge on any atom is -0.378 e. The van der Waals surface area contributed by atoms with E-state index in [1.165, 1.54) is 12.1 Å². The van der Waals surface area contributed by atoms with Crippen molar-refractivity contribution in [2.75, 3.05) is 62.4 Å². The number of nitrogens with zero attached hydrogens (tertiary/aromatic N) is 3. The number of rotatable bonds is 9. The molecule has 0 bridgehead atoms. The van der Waals surface area contributed by atoms with Crippen LogP contribution in [-0.2, 0) is 10.0 Å². The van der Waals surface area contributed by atoms with E-state index in [1.807, 2.05) is 25.9 Å². The Balaban J connectivity index is 1.73. The number of halogens is 1. The van der Waals surface area contributed by atoms with E-state index in [0.717, 1.165) is 43.1 Å². The van der Waals surface area contributed by atoms with Gasteiger partial charge in [-0.3, -0.25) is 4.90 Å². The molecule has 1 N–H and O–H groups in total. The first-order chi connectivity index (χ1) is 14.8. The maximum Gasteiger partial charge on any atom is 0.211 e. The van der Waals surface area contributed by atoms with Gasteiger partial charge in [-0.1, -0.05) is 19.1 Å². The van der Waals surface area contributed by atoms with E-state index >= 15 is 0 Å². The molecule has 2 aromatic carbocycles. The van der Waals surface area contributed by atoms with Gasteiger partial charge in [0.1, 0.15) is 5.82 Å². The van der Waals surface area contributed by atoms with Gasteiger partial charge in [-0.2, -0.15) is 0 Å². The van der Waals surface area contributed by atoms with Crippen molar-refractivity contribution >= 4 is 21.4 Å². The Labute approximate surface area is 185 Å². The Morgan fingerprint density at radius 2 is 1.61 bits per heavy atom. The van der Waals surface area contributed by atoms with Crippen LogP contribution < -0.4 is 14.5 Å². The van der Waals surface area contributed by atoms with E-state index in [9.17, 15) is 12.8 Å². The zero-order valence-corrected chi connectivity index (χ0v) is 19.4. The molecule has 0 amide bonds. The molecule has 0 aliphatic carbocycles. The summed E-state index contributed by atoms with van der Waals surface area (Å²) in [6.07, 6.45) is 0.591. The molecule has 3 rings (SSSR count). The molecule has 170 valence electrons. The second kappa shape index (κ2) is 10.4. The van der Waals surface area contributed by atoms with E-state index in [1.54, 1.807) is 12.1 Å². The van der Waals surface area contributed by atoms with E-state index in [2.05, 4.69) is 38.8 Å². The first-order valence-corrected chi connectivity index (χ1v) is 12.4. The molecular weight excluding hydrogens is 415 g/mol. The molecule has 1 aliphatic heterocycles. The average Bonchev–Trinajstić information content (AvgIpc) is 2.75. The summed E-state index contributed by atoms with van der Waals surface area (Å²) < 4.78 is 40.6. The molecule has 6 nitrogen and oxygen atoms in total. The third-order valence-corrected chi connectivity index (χ3v) is 7.26. The SMILES string of the molecule is CCCS(=O)(=O)NCC(c1ccc(N(C)C)cc1)N1CCN(c2ccc(F)cc2)CC1. The monoisotopic (exact) mass is 448 g/mol. The highest BCUT2D eigenvalue weighted by Crippen LogP contribution is 2.26. The fourth-order valence-electron chi connectivity index (χ4n) is 3.94. The molecule has 0 saturated carbocycles. The third-order valence-electron chi connectivity index (χ3n) is 5.71. The summed E-state index contributed by atoms with van der Waals surface area (Å²) in [7, 11) is 0.716. The fourth-order valence-corrected chi connectivity index (χ4v) is 5.04. The standard InChI is InChI=1S/C23H33FN4O2S/c1-4-17-31(29,30)25-18-23(19-5-9-21(10-6-19)26(2)3)28-15-13-27(14-16-28)22-11-7-20(24)8-12-22/h5-12,23,25H,4,13-18H2,1-3H3. The van der Waals surface area contributed by atoms with Gasteiger partial charge in [0, 0.05) is 64.2 Å². The van der Waals surface area contributed by atoms with Crippen molar-refractivity contribution in [3.05, 3.63) is 59.9 Å². The van der Waals surface area contributed by atoms with E-state index in [0.29, 0.717) is 13.0 Å². The predicted octanol–water partition coefficient (Wildman–Crippen LogP) is 3.08. The topological polar surface area (TPSA) is 55.9 Å². The van der Waals surface area contributed by atoms with Gasteiger partial charge in [0.25, 0.3) is 0 Å². The van der Waals surface area contributed by atoms with Crippen molar-refractivity contribution in [1.82, 2.24) is 9.62 Å². The van der Waals surface area contributed by atoms with Crippen LogP contribution >= 0.6 is 0 Å². The molecule has 1 heterocycles. The zero-order valence-electron chi connectivity index (χ0n) is 18.6. The number of benzene rings is 2. The largest absolute Gasteiger partial charge is 0.378 e. The number of sulfonamides is 1. The Kier molecular flexibility index (Phi) is 7.91. The quantitative estimate of drug-likeness (QED) is 0.639. The molecule has 0 radical (unpaired) electrons. The number of piperazine rings is 1. The lowest BCUT2D eigenvalue weighted by atomic mass is 10.0. The summed E-state index contributed by atoms with van der Waals surface area (Å²) >= 11 is 0. The van der Waals surface area contributed by atoms with Gasteiger partial charge in [0.05, 0.1) is 5.75 Å². The van der Waals surface area contributed by atoms with Crippen molar-refractivity contribution in [2.24, 2.45) is 0 Å². The van der Waals surface area contributed by atoms with Crippen LogP contribution in [0.15, 0.2) is 48.5 Å². The Morgan fingerprint density at radius 3 is 2.16 bits per heavy atom. The van der Waals surface area contributed by atoms with Crippen LogP contribution in [0.25, 0.3) is 0 Å². The zero-order chi connectivity index (χ0) is 22.4. The molecule has 1 unspecified atom stereocenters. The molecule has 8 heteroatoms. The maximum atomic E-state index is 13.2. The predicted molar refractivity (Wildman–Crippen MR) is 126 cm³/mol. The van der Waals surface area contributed by atoms with Crippen molar-refractivity contribution in [3.63, 3.8) is 0 Å². The van der Waals surface area contributed by atoms with E-state index in [-0.39, 0.29) is 17.6 Å². The lowest BCUT2D eigenvalue weighted by Crippen LogP contribution is -2.50. The molecule has 0 spiro atoms. The van der Waals surface area contributed by atoms with Gasteiger partial charge in [-0.15, -0.1) is 0 Å². The van der Waals surface area contributed by atoms with E-state index < -0.39 is 10.0 Å². The molecule has 0 aromatic heterocycles. The van der Waals surface area contributed by atoms with Crippen LogP contribution in [0.1, 0.15) is 24.9 Å². The second-order valence-electron chi connectivity index (χ2n) is 8.17. The molecule has 31 heavy (non-hydrogen) atoms. The highest BCUT2D eigenvalue weighted by atomic mass is 32.2. The highest BCUT2D eigenvalue weighted by molar-refractivity contribution is 7.89. The van der Waals surface area contributed by atoms with Gasteiger partial charge in [-0.25, -0.2) is 17.5 Å². The summed E-state index contributed by atoms with van der Waals surface area (Å²) in [5, 5.41) is 0. The highest BCUT2D eigenvalue weighted by Gasteiger charge is 2.26. The summed E-state index contributed by atoms with van der Waals surface area (Å²) in [6.45, 7) is 5.42. The fraction of sp³-hybridized carbons (Fsp3) is 0.478. The van der Waals surface area contributed by atoms with Gasteiger partial charge in [-0.05, 0) is 48.4 Å². The van der Waals surface area contributed by atoms with E-state index in [4.69, 9.17) is 0 Å². The van der Waals surface area contributed by atoms with Crippen molar-refractivity contribution < 1.29 is 12.8 Å². The number of hydrogen-bond acceptors (Lipinski definition) is 5. The van der Waals surface area contributed by atoms with Crippen LogP contribution in [0.4, 0.5) is 15.8 Å². The number of anilines is 2. The van der Waals surface area contributed by atoms with Crippen LogP contribution in [0, 0.1) is 5.82 Å². The second-order valence-corrected chi connectivity index (χ2v) is 10.1. The van der Waals surface area contributed by atoms with Crippen molar-refractivity contribution in [3.8, 4) is 0 Å². The summed E-state index contributed by atoms with van der Waals surface area (Å²) in [5.41, 5.74) is 3.21. The molecule has 1 aliphatic rings. The minimum absolute atomic E-state index is 0.0433. The third kappa shape index (κ3) is 6.41. The van der Waals surface area contributed by atoms with Crippen LogP contribution in [0.2, 0.25) is 0 Å². The smallest absolute Gasteiger partial charge is 0.211 e. The van der Waals surface area contributed by atoms with Crippen LogP contribution in [0.5, 0.6) is 0 Å². The Bertz CT molecular complexity index is 925. The van der Waals surface area contributed by atoms with Gasteiger partial charge in [0.2, 0.25) is 10.0 Å². The average molecular weight is 449 g/mol. The first-order valence-electron chi connectivity index (χ1n) is 10.8. The van der Waals surface area contributed by atoms with Gasteiger partial charge < -0.3 is 9.80 Å². The number of hydrogen-bond donors (Lipinski definition) is 1. The lowest BCUT2D eigenvalue weighted by molar-refractivity contribution is 0.187. The number of nitrogens with one attached hydrogen (secondary N) is 1. The van der Waals surface area contributed by atoms with Crippen LogP contribution in [-0.4, -0.2) is 65.9 Å². The summed E-state index contributed by atoms with van der Waals surface area (Å²) in [6, 6.07) is 14.8. The molecular formula is C23H33FN4O2S. The van der Waals surface area contributed by atoms with Crippen molar-refractivity contribution in [1.29, 1.82) is 0 Å². The molecule has 2 aromatic rings. The summed E-state index contributed by atoms with van der Waals surface area (Å²) in [5.74, 6) is -0.0968. The normalized spacial score (nSPS) is 16.3. The van der Waals surface area contributed by atoms with Gasteiger partial charge >= 0.3 is 0 Å². The minimum atomic E-state index is -3.28. The molecule has 1 saturated heterocycles. The lowest BCUT2D eigenvalue weighted by Gasteiger charge is -2.40.